The van der Waals surface area contributed by atoms with Crippen LogP contribution in [0.15, 0.2) is 18.2 Å². The normalized spacial score (nSPS) is 15.8. The summed E-state index contributed by atoms with van der Waals surface area (Å²) in [6.45, 7) is 1.44. The molecule has 0 bridgehead atoms. The van der Waals surface area contributed by atoms with Crippen LogP contribution in [-0.4, -0.2) is 37.0 Å². The number of hydrogen-bond donors (Lipinski definition) is 1. The second kappa shape index (κ2) is 7.81. The van der Waals surface area contributed by atoms with Crippen molar-refractivity contribution in [3.63, 3.8) is 0 Å². The third-order valence-corrected chi connectivity index (χ3v) is 4.00. The fraction of sp³-hybridized carbons (Fsp3) is 0.500. The lowest BCUT2D eigenvalue weighted by molar-refractivity contribution is -0.131. The molecular formula is C14H19Cl2FN2O. The molecule has 1 amide bonds. The number of rotatable bonds is 3. The second-order valence-electron chi connectivity index (χ2n) is 4.82. The molecule has 2 rings (SSSR count). The number of nitrogens with one attached hydrogen (secondary N) is 1. The van der Waals surface area contributed by atoms with Crippen molar-refractivity contribution in [1.82, 2.24) is 10.2 Å². The Morgan fingerprint density at radius 3 is 2.65 bits per heavy atom. The van der Waals surface area contributed by atoms with Gasteiger partial charge < -0.3 is 10.2 Å². The highest BCUT2D eigenvalue weighted by molar-refractivity contribution is 6.31. The molecule has 1 aliphatic heterocycles. The minimum atomic E-state index is -0.411. The predicted octanol–water partition coefficient (Wildman–Crippen LogP) is 2.65. The molecule has 0 aromatic heterocycles. The smallest absolute Gasteiger partial charge is 0.227 e. The number of piperidine rings is 1. The summed E-state index contributed by atoms with van der Waals surface area (Å²) >= 11 is 5.94. The van der Waals surface area contributed by atoms with Crippen LogP contribution < -0.4 is 5.32 Å². The summed E-state index contributed by atoms with van der Waals surface area (Å²) in [7, 11) is 1.93. The van der Waals surface area contributed by atoms with Crippen molar-refractivity contribution in [2.75, 3.05) is 20.1 Å². The van der Waals surface area contributed by atoms with E-state index >= 15 is 0 Å². The van der Waals surface area contributed by atoms with Crippen molar-refractivity contribution in [1.29, 1.82) is 0 Å². The van der Waals surface area contributed by atoms with E-state index < -0.39 is 5.82 Å². The van der Waals surface area contributed by atoms with Gasteiger partial charge in [0, 0.05) is 29.7 Å². The maximum Gasteiger partial charge on any atom is 0.227 e. The summed E-state index contributed by atoms with van der Waals surface area (Å²) in [5, 5.41) is 3.53. The number of likely N-dealkylation sites (tertiary alicyclic amines) is 1. The van der Waals surface area contributed by atoms with Crippen LogP contribution in [-0.2, 0) is 11.2 Å². The van der Waals surface area contributed by atoms with E-state index in [1.54, 1.807) is 17.0 Å². The molecule has 0 atom stereocenters. The minimum Gasteiger partial charge on any atom is -0.342 e. The van der Waals surface area contributed by atoms with Gasteiger partial charge >= 0.3 is 0 Å². The lowest BCUT2D eigenvalue weighted by Gasteiger charge is -2.32. The Kier molecular flexibility index (Phi) is 6.72. The summed E-state index contributed by atoms with van der Waals surface area (Å²) in [5.41, 5.74) is 0.296. The van der Waals surface area contributed by atoms with Gasteiger partial charge in [-0.3, -0.25) is 4.79 Å². The van der Waals surface area contributed by atoms with Crippen molar-refractivity contribution in [3.05, 3.63) is 34.6 Å². The number of benzene rings is 1. The van der Waals surface area contributed by atoms with Gasteiger partial charge in [0.05, 0.1) is 6.42 Å². The highest BCUT2D eigenvalue weighted by atomic mass is 35.5. The van der Waals surface area contributed by atoms with Gasteiger partial charge in [-0.1, -0.05) is 17.7 Å². The first-order chi connectivity index (χ1) is 9.11. The lowest BCUT2D eigenvalue weighted by Crippen LogP contribution is -2.44. The molecule has 1 aromatic rings. The van der Waals surface area contributed by atoms with E-state index in [9.17, 15) is 9.18 Å². The molecular weight excluding hydrogens is 302 g/mol. The van der Waals surface area contributed by atoms with E-state index in [0.29, 0.717) is 16.6 Å². The number of nitrogens with zero attached hydrogens (tertiary/aromatic N) is 1. The van der Waals surface area contributed by atoms with Gasteiger partial charge in [-0.25, -0.2) is 4.39 Å². The van der Waals surface area contributed by atoms with Crippen LogP contribution in [0.2, 0.25) is 5.02 Å². The van der Waals surface area contributed by atoms with Crippen LogP contribution in [0.5, 0.6) is 0 Å². The SMILES string of the molecule is CNC1CCN(C(=O)Cc2c(F)cccc2Cl)CC1.Cl. The standard InChI is InChI=1S/C14H18ClFN2O.ClH/c1-17-10-5-7-18(8-6-10)14(19)9-11-12(15)3-2-4-13(11)16;/h2-4,10,17H,5-9H2,1H3;1H. The summed E-state index contributed by atoms with van der Waals surface area (Å²) in [4.78, 5) is 13.9. The number of carbonyl (C=O) groups is 1. The van der Waals surface area contributed by atoms with E-state index in [2.05, 4.69) is 5.32 Å². The zero-order chi connectivity index (χ0) is 13.8. The van der Waals surface area contributed by atoms with E-state index in [1.807, 2.05) is 7.05 Å². The van der Waals surface area contributed by atoms with Crippen molar-refractivity contribution in [2.24, 2.45) is 0 Å². The summed E-state index contributed by atoms with van der Waals surface area (Å²) in [6.07, 6.45) is 1.91. The second-order valence-corrected chi connectivity index (χ2v) is 5.23. The molecule has 0 unspecified atom stereocenters. The molecule has 1 N–H and O–H groups in total. The molecule has 3 nitrogen and oxygen atoms in total. The Morgan fingerprint density at radius 1 is 1.45 bits per heavy atom. The van der Waals surface area contributed by atoms with Gasteiger partial charge in [0.1, 0.15) is 5.82 Å². The Hall–Kier alpha value is -0.840. The average Bonchev–Trinajstić information content (AvgIpc) is 2.43. The van der Waals surface area contributed by atoms with Crippen LogP contribution in [0.25, 0.3) is 0 Å². The maximum atomic E-state index is 13.6. The van der Waals surface area contributed by atoms with Gasteiger partial charge in [-0.05, 0) is 32.0 Å². The maximum absolute atomic E-state index is 13.6. The summed E-state index contributed by atoms with van der Waals surface area (Å²) in [6, 6.07) is 4.97. The van der Waals surface area contributed by atoms with Gasteiger partial charge in [0.2, 0.25) is 5.91 Å². The van der Waals surface area contributed by atoms with E-state index in [4.69, 9.17) is 11.6 Å². The third kappa shape index (κ3) is 4.08. The van der Waals surface area contributed by atoms with Crippen LogP contribution in [0.4, 0.5) is 4.39 Å². The molecule has 0 radical (unpaired) electrons. The van der Waals surface area contributed by atoms with Gasteiger partial charge in [-0.2, -0.15) is 0 Å². The van der Waals surface area contributed by atoms with Crippen molar-refractivity contribution >= 4 is 29.9 Å². The topological polar surface area (TPSA) is 32.3 Å². The zero-order valence-electron chi connectivity index (χ0n) is 11.4. The molecule has 112 valence electrons. The van der Waals surface area contributed by atoms with E-state index in [0.717, 1.165) is 25.9 Å². The first kappa shape index (κ1) is 17.2. The molecule has 6 heteroatoms. The quantitative estimate of drug-likeness (QED) is 0.928. The molecule has 0 aliphatic carbocycles. The van der Waals surface area contributed by atoms with Crippen molar-refractivity contribution < 1.29 is 9.18 Å². The number of halogens is 3. The molecule has 1 saturated heterocycles. The first-order valence-corrected chi connectivity index (χ1v) is 6.87. The fourth-order valence-electron chi connectivity index (χ4n) is 2.38. The van der Waals surface area contributed by atoms with Crippen LogP contribution in [0, 0.1) is 5.82 Å². The van der Waals surface area contributed by atoms with Crippen LogP contribution in [0.3, 0.4) is 0 Å². The molecule has 1 fully saturated rings. The Balaban J connectivity index is 0.00000200. The molecule has 0 spiro atoms. The summed E-state index contributed by atoms with van der Waals surface area (Å²) < 4.78 is 13.6. The van der Waals surface area contributed by atoms with Crippen molar-refractivity contribution in [2.45, 2.75) is 25.3 Å². The predicted molar refractivity (Wildman–Crippen MR) is 81.0 cm³/mol. The molecule has 0 saturated carbocycles. The fourth-order valence-corrected chi connectivity index (χ4v) is 2.61. The Bertz CT molecular complexity index is 442. The van der Waals surface area contributed by atoms with Gasteiger partial charge in [0.15, 0.2) is 0 Å². The molecule has 1 aliphatic rings. The zero-order valence-corrected chi connectivity index (χ0v) is 12.9. The first-order valence-electron chi connectivity index (χ1n) is 6.49. The number of carbonyl (C=O) groups excluding carboxylic acids is 1. The van der Waals surface area contributed by atoms with Gasteiger partial charge in [0.25, 0.3) is 0 Å². The Morgan fingerprint density at radius 2 is 2.10 bits per heavy atom. The monoisotopic (exact) mass is 320 g/mol. The summed E-state index contributed by atoms with van der Waals surface area (Å²) in [5.74, 6) is -0.465. The highest BCUT2D eigenvalue weighted by Crippen LogP contribution is 2.21. The number of amides is 1. The highest BCUT2D eigenvalue weighted by Gasteiger charge is 2.23. The molecule has 1 heterocycles. The minimum absolute atomic E-state index is 0. The van der Waals surface area contributed by atoms with Gasteiger partial charge in [-0.15, -0.1) is 12.4 Å². The third-order valence-electron chi connectivity index (χ3n) is 3.65. The average molecular weight is 321 g/mol. The molecule has 1 aromatic carbocycles. The van der Waals surface area contributed by atoms with Crippen LogP contribution in [0.1, 0.15) is 18.4 Å². The van der Waals surface area contributed by atoms with Crippen LogP contribution >= 0.6 is 24.0 Å². The largest absolute Gasteiger partial charge is 0.342 e. The lowest BCUT2D eigenvalue weighted by atomic mass is 10.0. The number of hydrogen-bond acceptors (Lipinski definition) is 2. The molecule has 20 heavy (non-hydrogen) atoms. The van der Waals surface area contributed by atoms with E-state index in [1.165, 1.54) is 6.07 Å². The van der Waals surface area contributed by atoms with E-state index in [-0.39, 0.29) is 24.7 Å². The van der Waals surface area contributed by atoms with Crippen molar-refractivity contribution in [3.8, 4) is 0 Å². The Labute approximate surface area is 129 Å².